The first kappa shape index (κ1) is 16.0. The Morgan fingerprint density at radius 3 is 2.59 bits per heavy atom. The molecule has 1 aliphatic heterocycles. The van der Waals surface area contributed by atoms with E-state index in [0.717, 1.165) is 26.2 Å². The van der Waals surface area contributed by atoms with Gasteiger partial charge in [-0.2, -0.15) is 0 Å². The van der Waals surface area contributed by atoms with Crippen molar-refractivity contribution in [2.75, 3.05) is 45.2 Å². The van der Waals surface area contributed by atoms with Crippen LogP contribution in [-0.2, 0) is 9.53 Å². The molecule has 1 aromatic carbocycles. The number of carbonyl (C=O) groups excluding carboxylic acids is 1. The minimum atomic E-state index is -0.495. The van der Waals surface area contributed by atoms with Crippen LogP contribution in [0.5, 0.6) is 0 Å². The van der Waals surface area contributed by atoms with Crippen molar-refractivity contribution >= 4 is 23.4 Å². The number of carbonyl (C=O) groups is 1. The fourth-order valence-corrected chi connectivity index (χ4v) is 2.34. The highest BCUT2D eigenvalue weighted by atomic mass is 16.6. The molecule has 118 valence electrons. The summed E-state index contributed by atoms with van der Waals surface area (Å²) in [5, 5.41) is 11.3. The van der Waals surface area contributed by atoms with Crippen LogP contribution in [0.25, 0.3) is 6.08 Å². The van der Waals surface area contributed by atoms with E-state index in [9.17, 15) is 14.9 Å². The Labute approximate surface area is 128 Å². The number of nitro benzene ring substituents is 1. The van der Waals surface area contributed by atoms with Crippen molar-refractivity contribution in [2.45, 2.75) is 0 Å². The van der Waals surface area contributed by atoms with Gasteiger partial charge in [0, 0.05) is 38.3 Å². The SMILES string of the molecule is COC(=O)/C=C/c1ccc(N2CCN(C)CC2)c([N+](=O)[O-])c1. The van der Waals surface area contributed by atoms with Gasteiger partial charge in [-0.05, 0) is 24.8 Å². The van der Waals surface area contributed by atoms with Gasteiger partial charge in [0.2, 0.25) is 0 Å². The van der Waals surface area contributed by atoms with Crippen molar-refractivity contribution < 1.29 is 14.5 Å². The molecule has 0 spiro atoms. The smallest absolute Gasteiger partial charge is 0.330 e. The van der Waals surface area contributed by atoms with Gasteiger partial charge in [0.1, 0.15) is 5.69 Å². The van der Waals surface area contributed by atoms with E-state index in [4.69, 9.17) is 0 Å². The Balaban J connectivity index is 2.26. The molecule has 0 unspecified atom stereocenters. The second-order valence-corrected chi connectivity index (χ2v) is 5.15. The lowest BCUT2D eigenvalue weighted by atomic mass is 10.1. The van der Waals surface area contributed by atoms with Crippen LogP contribution in [0.15, 0.2) is 24.3 Å². The number of rotatable bonds is 4. The molecular weight excluding hydrogens is 286 g/mol. The first-order valence-corrected chi connectivity index (χ1v) is 6.99. The summed E-state index contributed by atoms with van der Waals surface area (Å²) >= 11 is 0. The molecule has 0 saturated carbocycles. The maximum absolute atomic E-state index is 11.3. The number of likely N-dealkylation sites (N-methyl/N-ethyl adjacent to an activating group) is 1. The third-order valence-electron chi connectivity index (χ3n) is 3.65. The number of esters is 1. The van der Waals surface area contributed by atoms with Crippen molar-refractivity contribution in [3.05, 3.63) is 40.0 Å². The lowest BCUT2D eigenvalue weighted by molar-refractivity contribution is -0.384. The number of nitro groups is 1. The van der Waals surface area contributed by atoms with Crippen molar-refractivity contribution in [3.8, 4) is 0 Å². The zero-order chi connectivity index (χ0) is 16.1. The topological polar surface area (TPSA) is 75.9 Å². The summed E-state index contributed by atoms with van der Waals surface area (Å²) in [6.07, 6.45) is 2.75. The van der Waals surface area contributed by atoms with Crippen LogP contribution in [0.1, 0.15) is 5.56 Å². The van der Waals surface area contributed by atoms with Crippen molar-refractivity contribution in [2.24, 2.45) is 0 Å². The van der Waals surface area contributed by atoms with Crippen LogP contribution in [0.4, 0.5) is 11.4 Å². The molecule has 0 aromatic heterocycles. The minimum absolute atomic E-state index is 0.0524. The van der Waals surface area contributed by atoms with E-state index in [-0.39, 0.29) is 10.6 Å². The second kappa shape index (κ2) is 7.04. The van der Waals surface area contributed by atoms with E-state index in [1.807, 2.05) is 11.9 Å². The van der Waals surface area contributed by atoms with E-state index < -0.39 is 5.97 Å². The normalized spacial score (nSPS) is 16.0. The first-order chi connectivity index (χ1) is 10.5. The van der Waals surface area contributed by atoms with Crippen molar-refractivity contribution in [3.63, 3.8) is 0 Å². The fourth-order valence-electron chi connectivity index (χ4n) is 2.34. The van der Waals surface area contributed by atoms with Gasteiger partial charge in [-0.1, -0.05) is 6.07 Å². The molecule has 1 saturated heterocycles. The van der Waals surface area contributed by atoms with Crippen molar-refractivity contribution in [1.29, 1.82) is 0 Å². The molecule has 7 heteroatoms. The summed E-state index contributed by atoms with van der Waals surface area (Å²) in [6, 6.07) is 4.98. The molecule has 0 amide bonds. The summed E-state index contributed by atoms with van der Waals surface area (Å²) in [5.41, 5.74) is 1.26. The molecule has 0 radical (unpaired) electrons. The van der Waals surface area contributed by atoms with Crippen LogP contribution >= 0.6 is 0 Å². The van der Waals surface area contributed by atoms with Gasteiger partial charge in [0.05, 0.1) is 12.0 Å². The van der Waals surface area contributed by atoms with E-state index in [1.165, 1.54) is 25.3 Å². The Kier molecular flexibility index (Phi) is 5.11. The molecule has 0 atom stereocenters. The molecule has 0 aliphatic carbocycles. The van der Waals surface area contributed by atoms with Crippen LogP contribution in [0.2, 0.25) is 0 Å². The second-order valence-electron chi connectivity index (χ2n) is 5.15. The molecule has 7 nitrogen and oxygen atoms in total. The van der Waals surface area contributed by atoms with Gasteiger partial charge in [-0.3, -0.25) is 10.1 Å². The van der Waals surface area contributed by atoms with E-state index in [2.05, 4.69) is 9.64 Å². The van der Waals surface area contributed by atoms with Crippen LogP contribution in [0, 0.1) is 10.1 Å². The largest absolute Gasteiger partial charge is 0.466 e. The summed E-state index contributed by atoms with van der Waals surface area (Å²) in [6.45, 7) is 3.27. The minimum Gasteiger partial charge on any atom is -0.466 e. The lowest BCUT2D eigenvalue weighted by Crippen LogP contribution is -2.44. The number of anilines is 1. The summed E-state index contributed by atoms with van der Waals surface area (Å²) in [5.74, 6) is -0.495. The predicted molar refractivity (Wildman–Crippen MR) is 83.9 cm³/mol. The Morgan fingerprint density at radius 1 is 1.32 bits per heavy atom. The highest BCUT2D eigenvalue weighted by Gasteiger charge is 2.22. The number of nitrogens with zero attached hydrogens (tertiary/aromatic N) is 3. The van der Waals surface area contributed by atoms with Crippen LogP contribution < -0.4 is 4.90 Å². The van der Waals surface area contributed by atoms with Gasteiger partial charge in [-0.25, -0.2) is 4.79 Å². The predicted octanol–water partition coefficient (Wildman–Crippen LogP) is 1.53. The number of piperazine rings is 1. The molecule has 0 bridgehead atoms. The number of ether oxygens (including phenoxy) is 1. The van der Waals surface area contributed by atoms with Crippen LogP contribution in [0.3, 0.4) is 0 Å². The molecular formula is C15H19N3O4. The molecule has 1 fully saturated rings. The Hall–Kier alpha value is -2.41. The average Bonchev–Trinajstić information content (AvgIpc) is 2.53. The van der Waals surface area contributed by atoms with E-state index >= 15 is 0 Å². The Bertz CT molecular complexity index is 592. The van der Waals surface area contributed by atoms with E-state index in [0.29, 0.717) is 11.3 Å². The van der Waals surface area contributed by atoms with Gasteiger partial charge in [0.15, 0.2) is 0 Å². The molecule has 1 aromatic rings. The van der Waals surface area contributed by atoms with Crippen molar-refractivity contribution in [1.82, 2.24) is 4.90 Å². The van der Waals surface area contributed by atoms with Gasteiger partial charge >= 0.3 is 5.97 Å². The number of methoxy groups -OCH3 is 1. The third kappa shape index (κ3) is 3.82. The summed E-state index contributed by atoms with van der Waals surface area (Å²) < 4.78 is 4.51. The van der Waals surface area contributed by atoms with Gasteiger partial charge in [0.25, 0.3) is 5.69 Å². The molecule has 1 aliphatic rings. The maximum atomic E-state index is 11.3. The zero-order valence-electron chi connectivity index (χ0n) is 12.7. The van der Waals surface area contributed by atoms with Gasteiger partial charge < -0.3 is 14.5 Å². The molecule has 22 heavy (non-hydrogen) atoms. The van der Waals surface area contributed by atoms with Crippen LogP contribution in [-0.4, -0.2) is 56.1 Å². The monoisotopic (exact) mass is 305 g/mol. The average molecular weight is 305 g/mol. The zero-order valence-corrected chi connectivity index (χ0v) is 12.7. The molecule has 2 rings (SSSR count). The number of hydrogen-bond acceptors (Lipinski definition) is 6. The third-order valence-corrected chi connectivity index (χ3v) is 3.65. The lowest BCUT2D eigenvalue weighted by Gasteiger charge is -2.33. The highest BCUT2D eigenvalue weighted by Crippen LogP contribution is 2.30. The molecule has 1 heterocycles. The fraction of sp³-hybridized carbons (Fsp3) is 0.400. The van der Waals surface area contributed by atoms with E-state index in [1.54, 1.807) is 12.1 Å². The highest BCUT2D eigenvalue weighted by molar-refractivity contribution is 5.87. The quantitative estimate of drug-likeness (QED) is 0.363. The number of benzene rings is 1. The first-order valence-electron chi connectivity index (χ1n) is 6.99. The molecule has 0 N–H and O–H groups in total. The standard InChI is InChI=1S/C15H19N3O4/c1-16-7-9-17(10-8-16)13-5-3-12(4-6-15(19)22-2)11-14(13)18(20)21/h3-6,11H,7-10H2,1-2H3/b6-4+. The summed E-state index contributed by atoms with van der Waals surface area (Å²) in [4.78, 5) is 26.2. The maximum Gasteiger partial charge on any atom is 0.330 e. The Morgan fingerprint density at radius 2 is 2.00 bits per heavy atom. The number of hydrogen-bond donors (Lipinski definition) is 0. The van der Waals surface area contributed by atoms with Gasteiger partial charge in [-0.15, -0.1) is 0 Å². The summed E-state index contributed by atoms with van der Waals surface area (Å²) in [7, 11) is 3.32.